The zero-order valence-electron chi connectivity index (χ0n) is 19.8. The van der Waals surface area contributed by atoms with E-state index in [0.717, 1.165) is 4.90 Å². The van der Waals surface area contributed by atoms with E-state index in [1.807, 2.05) is 13.8 Å². The fourth-order valence-corrected chi connectivity index (χ4v) is 3.71. The molecule has 1 aliphatic rings. The molecule has 0 saturated heterocycles. The molecule has 3 amide bonds. The highest BCUT2D eigenvalue weighted by Crippen LogP contribution is 2.30. The fourth-order valence-electron chi connectivity index (χ4n) is 3.71. The van der Waals surface area contributed by atoms with Crippen molar-refractivity contribution in [2.75, 3.05) is 19.5 Å². The van der Waals surface area contributed by atoms with Crippen LogP contribution in [0.1, 0.15) is 47.9 Å². The summed E-state index contributed by atoms with van der Waals surface area (Å²) in [6.07, 6.45) is -0.973. The van der Waals surface area contributed by atoms with Gasteiger partial charge in [0.25, 0.3) is 17.7 Å². The summed E-state index contributed by atoms with van der Waals surface area (Å²) in [5, 5.41) is 2.65. The second kappa shape index (κ2) is 10.4. The van der Waals surface area contributed by atoms with Gasteiger partial charge in [-0.1, -0.05) is 26.0 Å². The number of benzene rings is 2. The number of imide groups is 1. The predicted octanol–water partition coefficient (Wildman–Crippen LogP) is 3.28. The van der Waals surface area contributed by atoms with E-state index in [1.54, 1.807) is 42.5 Å². The summed E-state index contributed by atoms with van der Waals surface area (Å²) in [6.45, 7) is 5.15. The molecule has 1 aliphatic heterocycles. The van der Waals surface area contributed by atoms with Gasteiger partial charge in [0.15, 0.2) is 17.6 Å². The van der Waals surface area contributed by atoms with E-state index in [2.05, 4.69) is 5.32 Å². The number of hydrogen-bond acceptors (Lipinski definition) is 7. The predicted molar refractivity (Wildman–Crippen MR) is 124 cm³/mol. The molecule has 1 heterocycles. The zero-order valence-corrected chi connectivity index (χ0v) is 19.8. The second-order valence-corrected chi connectivity index (χ2v) is 8.31. The Hall–Kier alpha value is -3.88. The maximum absolute atomic E-state index is 13.1. The van der Waals surface area contributed by atoms with Gasteiger partial charge in [0.2, 0.25) is 0 Å². The third-order valence-corrected chi connectivity index (χ3v) is 5.42. The molecule has 0 aliphatic carbocycles. The molecule has 9 nitrogen and oxygen atoms in total. The number of rotatable bonds is 9. The van der Waals surface area contributed by atoms with E-state index in [-0.39, 0.29) is 23.5 Å². The largest absolute Gasteiger partial charge is 0.493 e. The number of carbonyl (C=O) groups excluding carboxylic acids is 4. The second-order valence-electron chi connectivity index (χ2n) is 8.31. The number of carbonyl (C=O) groups is 4. The van der Waals surface area contributed by atoms with Crippen LogP contribution in [-0.2, 0) is 14.3 Å². The number of esters is 1. The number of ether oxygens (including phenoxy) is 3. The van der Waals surface area contributed by atoms with Crippen molar-refractivity contribution in [3.05, 3.63) is 53.6 Å². The molecule has 34 heavy (non-hydrogen) atoms. The van der Waals surface area contributed by atoms with Crippen molar-refractivity contribution in [3.8, 4) is 11.5 Å². The van der Waals surface area contributed by atoms with E-state index < -0.39 is 35.8 Å². The number of hydrogen-bond donors (Lipinski definition) is 1. The first kappa shape index (κ1) is 24.8. The molecule has 0 saturated carbocycles. The van der Waals surface area contributed by atoms with Crippen LogP contribution < -0.4 is 14.8 Å². The molecule has 0 unspecified atom stereocenters. The van der Waals surface area contributed by atoms with Crippen LogP contribution in [0.15, 0.2) is 42.5 Å². The van der Waals surface area contributed by atoms with Crippen LogP contribution in [-0.4, -0.2) is 55.0 Å². The molecular weight excluding hydrogens is 440 g/mol. The Balaban J connectivity index is 1.74. The Labute approximate surface area is 198 Å². The summed E-state index contributed by atoms with van der Waals surface area (Å²) < 4.78 is 15.8. The van der Waals surface area contributed by atoms with Crippen LogP contribution in [0.5, 0.6) is 11.5 Å². The molecule has 0 bridgehead atoms. The minimum absolute atomic E-state index is 0.0160. The molecule has 2 aromatic carbocycles. The van der Waals surface area contributed by atoms with Gasteiger partial charge in [0, 0.05) is 11.8 Å². The minimum Gasteiger partial charge on any atom is -0.493 e. The number of anilines is 1. The summed E-state index contributed by atoms with van der Waals surface area (Å²) in [4.78, 5) is 52.5. The minimum atomic E-state index is -1.18. The molecule has 0 fully saturated rings. The molecule has 2 atom stereocenters. The van der Waals surface area contributed by atoms with Crippen LogP contribution in [0.3, 0.4) is 0 Å². The lowest BCUT2D eigenvalue weighted by Crippen LogP contribution is -2.48. The molecule has 1 N–H and O–H groups in total. The van der Waals surface area contributed by atoms with Gasteiger partial charge < -0.3 is 19.5 Å². The Morgan fingerprint density at radius 3 is 2.03 bits per heavy atom. The third kappa shape index (κ3) is 5.03. The average molecular weight is 469 g/mol. The Kier molecular flexibility index (Phi) is 7.55. The smallest absolute Gasteiger partial charge is 0.330 e. The molecule has 0 aromatic heterocycles. The molecule has 2 aromatic rings. The van der Waals surface area contributed by atoms with Crippen molar-refractivity contribution in [2.24, 2.45) is 5.92 Å². The lowest BCUT2D eigenvalue weighted by Gasteiger charge is -2.27. The van der Waals surface area contributed by atoms with Crippen molar-refractivity contribution in [1.82, 2.24) is 4.90 Å². The summed E-state index contributed by atoms with van der Waals surface area (Å²) in [5.41, 5.74) is 0.909. The molecule has 0 radical (unpaired) electrons. The van der Waals surface area contributed by atoms with Gasteiger partial charge >= 0.3 is 5.97 Å². The summed E-state index contributed by atoms with van der Waals surface area (Å²) in [7, 11) is 2.97. The fraction of sp³-hybridized carbons (Fsp3) is 0.360. The Morgan fingerprint density at radius 1 is 0.912 bits per heavy atom. The van der Waals surface area contributed by atoms with E-state index in [9.17, 15) is 19.2 Å². The van der Waals surface area contributed by atoms with Crippen LogP contribution in [0, 0.1) is 5.92 Å². The average Bonchev–Trinajstić information content (AvgIpc) is 3.07. The van der Waals surface area contributed by atoms with Gasteiger partial charge in [-0.15, -0.1) is 0 Å². The van der Waals surface area contributed by atoms with Crippen molar-refractivity contribution in [3.63, 3.8) is 0 Å². The van der Waals surface area contributed by atoms with E-state index in [4.69, 9.17) is 14.2 Å². The number of nitrogens with zero attached hydrogens (tertiary/aromatic N) is 1. The number of fused-ring (bicyclic) bond motifs is 1. The van der Waals surface area contributed by atoms with Gasteiger partial charge in [-0.25, -0.2) is 4.79 Å². The number of nitrogens with one attached hydrogen (secondary N) is 1. The highest BCUT2D eigenvalue weighted by molar-refractivity contribution is 6.22. The number of methoxy groups -OCH3 is 2. The SMILES string of the molecule is COc1ccc(NC(=O)[C@H](C)OC(=O)[C@H](CC(C)C)N2C(=O)c3ccccc3C2=O)cc1OC. The lowest BCUT2D eigenvalue weighted by atomic mass is 10.0. The van der Waals surface area contributed by atoms with Crippen LogP contribution in [0.25, 0.3) is 0 Å². The van der Waals surface area contributed by atoms with Crippen LogP contribution in [0.2, 0.25) is 0 Å². The van der Waals surface area contributed by atoms with Crippen LogP contribution >= 0.6 is 0 Å². The lowest BCUT2D eigenvalue weighted by molar-refractivity contribution is -0.157. The van der Waals surface area contributed by atoms with Gasteiger partial charge in [0.1, 0.15) is 6.04 Å². The van der Waals surface area contributed by atoms with E-state index in [1.165, 1.54) is 21.1 Å². The van der Waals surface area contributed by atoms with Gasteiger partial charge in [-0.3, -0.25) is 19.3 Å². The molecule has 0 spiro atoms. The van der Waals surface area contributed by atoms with Crippen molar-refractivity contribution < 1.29 is 33.4 Å². The summed E-state index contributed by atoms with van der Waals surface area (Å²) in [6, 6.07) is 10.1. The highest BCUT2D eigenvalue weighted by atomic mass is 16.5. The van der Waals surface area contributed by atoms with Gasteiger partial charge in [-0.05, 0) is 43.5 Å². The first-order valence-corrected chi connectivity index (χ1v) is 10.9. The third-order valence-electron chi connectivity index (χ3n) is 5.42. The molecule has 3 rings (SSSR count). The highest BCUT2D eigenvalue weighted by Gasteiger charge is 2.44. The van der Waals surface area contributed by atoms with Gasteiger partial charge in [0.05, 0.1) is 25.3 Å². The van der Waals surface area contributed by atoms with Crippen molar-refractivity contribution in [2.45, 2.75) is 39.3 Å². The number of amides is 3. The maximum Gasteiger partial charge on any atom is 0.330 e. The molecular formula is C25H28N2O7. The molecule has 9 heteroatoms. The maximum atomic E-state index is 13.1. The molecule has 180 valence electrons. The first-order chi connectivity index (χ1) is 16.2. The van der Waals surface area contributed by atoms with Crippen molar-refractivity contribution >= 4 is 29.4 Å². The van der Waals surface area contributed by atoms with Crippen LogP contribution in [0.4, 0.5) is 5.69 Å². The van der Waals surface area contributed by atoms with E-state index in [0.29, 0.717) is 17.2 Å². The summed E-state index contributed by atoms with van der Waals surface area (Å²) in [5.74, 6) is -1.59. The van der Waals surface area contributed by atoms with Gasteiger partial charge in [-0.2, -0.15) is 0 Å². The quantitative estimate of drug-likeness (QED) is 0.444. The monoisotopic (exact) mass is 468 g/mol. The van der Waals surface area contributed by atoms with Crippen molar-refractivity contribution in [1.29, 1.82) is 0 Å². The van der Waals surface area contributed by atoms with E-state index >= 15 is 0 Å². The standard InChI is InChI=1S/C25H28N2O7/c1-14(2)12-19(27-23(29)17-8-6-7-9-18(17)24(27)30)25(31)34-15(3)22(28)26-16-10-11-20(32-4)21(13-16)33-5/h6-11,13-15,19H,12H2,1-5H3,(H,26,28)/t15-,19-/m0/s1. The normalized spacial score (nSPS) is 14.5. The topological polar surface area (TPSA) is 111 Å². The summed E-state index contributed by atoms with van der Waals surface area (Å²) >= 11 is 0. The Bertz CT molecular complexity index is 1080. The zero-order chi connectivity index (χ0) is 25.0. The Morgan fingerprint density at radius 2 is 1.50 bits per heavy atom. The first-order valence-electron chi connectivity index (χ1n) is 10.9.